The van der Waals surface area contributed by atoms with E-state index in [0.717, 1.165) is 6.20 Å². The standard InChI is InChI=1S/C15H15Cl2N3O3/c1-8(2)13(15(22)23)19-7-9(6-18)14(21)20-12-5-10(16)3-4-11(12)17/h3-5,7-8,13,19H,1-2H3,(H,20,21)(H,22,23)/b9-7-. The smallest absolute Gasteiger partial charge is 0.326 e. The summed E-state index contributed by atoms with van der Waals surface area (Å²) in [4.78, 5) is 23.1. The van der Waals surface area contributed by atoms with Crippen LogP contribution in [0.15, 0.2) is 30.0 Å². The van der Waals surface area contributed by atoms with Crippen molar-refractivity contribution in [2.45, 2.75) is 19.9 Å². The number of nitrogens with zero attached hydrogens (tertiary/aromatic N) is 1. The first kappa shape index (κ1) is 18.8. The molecule has 1 rings (SSSR count). The summed E-state index contributed by atoms with van der Waals surface area (Å²) in [5.41, 5.74) is -0.0306. The number of aliphatic carboxylic acids is 1. The van der Waals surface area contributed by atoms with E-state index in [2.05, 4.69) is 10.6 Å². The van der Waals surface area contributed by atoms with Gasteiger partial charge in [0, 0.05) is 11.2 Å². The highest BCUT2D eigenvalue weighted by molar-refractivity contribution is 6.35. The Morgan fingerprint density at radius 2 is 2.00 bits per heavy atom. The van der Waals surface area contributed by atoms with Crippen molar-refractivity contribution in [1.82, 2.24) is 5.32 Å². The van der Waals surface area contributed by atoms with E-state index in [4.69, 9.17) is 33.6 Å². The van der Waals surface area contributed by atoms with Gasteiger partial charge in [0.2, 0.25) is 0 Å². The molecule has 0 heterocycles. The number of benzene rings is 1. The summed E-state index contributed by atoms with van der Waals surface area (Å²) in [6.07, 6.45) is 1.08. The van der Waals surface area contributed by atoms with E-state index in [9.17, 15) is 9.59 Å². The number of amides is 1. The van der Waals surface area contributed by atoms with Crippen LogP contribution in [0.5, 0.6) is 0 Å². The molecule has 0 radical (unpaired) electrons. The number of rotatable bonds is 6. The van der Waals surface area contributed by atoms with Crippen LogP contribution in [0.4, 0.5) is 5.69 Å². The SMILES string of the molecule is CC(C)C(N/C=C(/C#N)C(=O)Nc1cc(Cl)ccc1Cl)C(=O)O. The van der Waals surface area contributed by atoms with Gasteiger partial charge in [-0.3, -0.25) is 4.79 Å². The Hall–Kier alpha value is -2.23. The van der Waals surface area contributed by atoms with Gasteiger partial charge in [-0.2, -0.15) is 5.26 Å². The van der Waals surface area contributed by atoms with E-state index in [0.29, 0.717) is 5.02 Å². The monoisotopic (exact) mass is 355 g/mol. The van der Waals surface area contributed by atoms with Crippen LogP contribution in [-0.4, -0.2) is 23.0 Å². The number of anilines is 1. The molecule has 8 heteroatoms. The molecular formula is C15H15Cl2N3O3. The third kappa shape index (κ3) is 5.47. The highest BCUT2D eigenvalue weighted by Gasteiger charge is 2.20. The molecular weight excluding hydrogens is 341 g/mol. The quantitative estimate of drug-likeness (QED) is 0.537. The molecule has 1 aromatic carbocycles. The van der Waals surface area contributed by atoms with E-state index in [1.807, 2.05) is 0 Å². The average Bonchev–Trinajstić information content (AvgIpc) is 2.46. The molecule has 122 valence electrons. The molecule has 0 aliphatic heterocycles. The molecule has 0 aliphatic carbocycles. The Balaban J connectivity index is 2.91. The van der Waals surface area contributed by atoms with Crippen LogP contribution in [0.1, 0.15) is 13.8 Å². The summed E-state index contributed by atoms with van der Waals surface area (Å²) in [7, 11) is 0. The van der Waals surface area contributed by atoms with E-state index in [1.54, 1.807) is 26.0 Å². The van der Waals surface area contributed by atoms with Crippen molar-refractivity contribution < 1.29 is 14.7 Å². The van der Waals surface area contributed by atoms with Crippen molar-refractivity contribution in [3.05, 3.63) is 40.0 Å². The number of halogens is 2. The van der Waals surface area contributed by atoms with E-state index >= 15 is 0 Å². The van der Waals surface area contributed by atoms with Crippen molar-refractivity contribution in [2.24, 2.45) is 5.92 Å². The predicted octanol–water partition coefficient (Wildman–Crippen LogP) is 3.04. The third-order valence-electron chi connectivity index (χ3n) is 2.88. The van der Waals surface area contributed by atoms with Gasteiger partial charge in [0.25, 0.3) is 5.91 Å². The van der Waals surface area contributed by atoms with Crippen molar-refractivity contribution in [3.8, 4) is 6.07 Å². The molecule has 0 saturated carbocycles. The zero-order valence-corrected chi connectivity index (χ0v) is 13.9. The second kappa shape index (κ2) is 8.42. The number of carbonyl (C=O) groups excluding carboxylic acids is 1. The molecule has 0 bridgehead atoms. The van der Waals surface area contributed by atoms with Crippen LogP contribution < -0.4 is 10.6 Å². The number of hydrogen-bond donors (Lipinski definition) is 3. The van der Waals surface area contributed by atoms with Gasteiger partial charge in [-0.25, -0.2) is 4.79 Å². The van der Waals surface area contributed by atoms with Gasteiger partial charge in [-0.1, -0.05) is 37.0 Å². The number of carboxylic acids is 1. The maximum absolute atomic E-state index is 12.1. The largest absolute Gasteiger partial charge is 0.480 e. The molecule has 1 unspecified atom stereocenters. The van der Waals surface area contributed by atoms with Gasteiger partial charge in [-0.15, -0.1) is 0 Å². The minimum absolute atomic E-state index is 0.228. The van der Waals surface area contributed by atoms with Gasteiger partial charge < -0.3 is 15.7 Å². The van der Waals surface area contributed by atoms with Gasteiger partial charge in [0.1, 0.15) is 17.7 Å². The lowest BCUT2D eigenvalue weighted by molar-refractivity contribution is -0.140. The molecule has 0 spiro atoms. The molecule has 23 heavy (non-hydrogen) atoms. The Kier molecular flexibility index (Phi) is 6.89. The fourth-order valence-corrected chi connectivity index (χ4v) is 1.99. The lowest BCUT2D eigenvalue weighted by atomic mass is 10.1. The van der Waals surface area contributed by atoms with Crippen molar-refractivity contribution >= 4 is 40.8 Å². The normalized spacial score (nSPS) is 12.4. The molecule has 0 saturated heterocycles. The summed E-state index contributed by atoms with van der Waals surface area (Å²) in [5, 5.41) is 23.8. The van der Waals surface area contributed by atoms with Crippen LogP contribution in [0.2, 0.25) is 10.0 Å². The zero-order valence-electron chi connectivity index (χ0n) is 12.4. The Labute approximate surface area is 143 Å². The van der Waals surface area contributed by atoms with Crippen molar-refractivity contribution in [3.63, 3.8) is 0 Å². The second-order valence-corrected chi connectivity index (χ2v) is 5.82. The molecule has 1 aromatic rings. The maximum atomic E-state index is 12.1. The number of nitriles is 1. The number of carbonyl (C=O) groups is 2. The van der Waals surface area contributed by atoms with Crippen molar-refractivity contribution in [2.75, 3.05) is 5.32 Å². The third-order valence-corrected chi connectivity index (χ3v) is 3.45. The van der Waals surface area contributed by atoms with Crippen LogP contribution in [0.3, 0.4) is 0 Å². The van der Waals surface area contributed by atoms with Gasteiger partial charge in [-0.05, 0) is 24.1 Å². The van der Waals surface area contributed by atoms with Crippen LogP contribution in [-0.2, 0) is 9.59 Å². The van der Waals surface area contributed by atoms with Gasteiger partial charge >= 0.3 is 5.97 Å². The number of hydrogen-bond acceptors (Lipinski definition) is 4. The van der Waals surface area contributed by atoms with E-state index in [1.165, 1.54) is 12.1 Å². The summed E-state index contributed by atoms with van der Waals surface area (Å²) in [5.74, 6) is -2.03. The van der Waals surface area contributed by atoms with Crippen LogP contribution in [0.25, 0.3) is 0 Å². The van der Waals surface area contributed by atoms with Crippen LogP contribution >= 0.6 is 23.2 Å². The van der Waals surface area contributed by atoms with Gasteiger partial charge in [0.05, 0.1) is 10.7 Å². The summed E-state index contributed by atoms with van der Waals surface area (Å²) in [6.45, 7) is 3.41. The first-order chi connectivity index (χ1) is 10.8. The van der Waals surface area contributed by atoms with Gasteiger partial charge in [0.15, 0.2) is 0 Å². The lowest BCUT2D eigenvalue weighted by Crippen LogP contribution is -2.38. The summed E-state index contributed by atoms with van der Waals surface area (Å²) >= 11 is 11.7. The average molecular weight is 356 g/mol. The number of nitrogens with one attached hydrogen (secondary N) is 2. The fourth-order valence-electron chi connectivity index (χ4n) is 1.65. The molecule has 0 aromatic heterocycles. The summed E-state index contributed by atoms with van der Waals surface area (Å²) in [6, 6.07) is 5.30. The summed E-state index contributed by atoms with van der Waals surface area (Å²) < 4.78 is 0. The Morgan fingerprint density at radius 1 is 1.35 bits per heavy atom. The molecule has 0 aliphatic rings. The highest BCUT2D eigenvalue weighted by Crippen LogP contribution is 2.25. The molecule has 1 amide bonds. The molecule has 0 fully saturated rings. The zero-order chi connectivity index (χ0) is 17.6. The minimum Gasteiger partial charge on any atom is -0.480 e. The molecule has 1 atom stereocenters. The van der Waals surface area contributed by atoms with E-state index in [-0.39, 0.29) is 22.2 Å². The lowest BCUT2D eigenvalue weighted by Gasteiger charge is -2.16. The highest BCUT2D eigenvalue weighted by atomic mass is 35.5. The second-order valence-electron chi connectivity index (χ2n) is 4.97. The minimum atomic E-state index is -1.08. The van der Waals surface area contributed by atoms with Crippen molar-refractivity contribution in [1.29, 1.82) is 5.26 Å². The Bertz CT molecular complexity index is 681. The fraction of sp³-hybridized carbons (Fsp3) is 0.267. The van der Waals surface area contributed by atoms with E-state index < -0.39 is 17.9 Å². The molecule has 3 N–H and O–H groups in total. The topological polar surface area (TPSA) is 102 Å². The number of carboxylic acid groups (broad SMARTS) is 1. The van der Waals surface area contributed by atoms with Crippen LogP contribution in [0, 0.1) is 17.2 Å². The first-order valence-corrected chi connectivity index (χ1v) is 7.37. The maximum Gasteiger partial charge on any atom is 0.326 e. The first-order valence-electron chi connectivity index (χ1n) is 6.61. The Morgan fingerprint density at radius 3 is 2.52 bits per heavy atom. The predicted molar refractivity (Wildman–Crippen MR) is 88.2 cm³/mol. The molecule has 6 nitrogen and oxygen atoms in total.